The van der Waals surface area contributed by atoms with Gasteiger partial charge in [-0.2, -0.15) is 0 Å². The second-order valence-corrected chi connectivity index (χ2v) is 31.7. The van der Waals surface area contributed by atoms with Crippen LogP contribution in [0.2, 0.25) is 0 Å². The first kappa shape index (κ1) is 71.7. The zero-order valence-corrected chi connectivity index (χ0v) is 59.8. The van der Waals surface area contributed by atoms with Crippen LogP contribution in [0.5, 0.6) is 5.75 Å². The van der Waals surface area contributed by atoms with Crippen molar-refractivity contribution in [1.82, 2.24) is 4.98 Å². The van der Waals surface area contributed by atoms with E-state index in [1.54, 1.807) is 0 Å². The molecule has 1 aromatic heterocycles. The van der Waals surface area contributed by atoms with Crippen molar-refractivity contribution < 1.29 is 29.6 Å². The summed E-state index contributed by atoms with van der Waals surface area (Å²) in [7, 11) is -1.78. The van der Waals surface area contributed by atoms with E-state index in [0.717, 1.165) is 30.4 Å². The molecule has 15 rings (SSSR count). The summed E-state index contributed by atoms with van der Waals surface area (Å²) < 4.78 is 19.3. The number of hydrogen-bond acceptors (Lipinski definition) is 3. The van der Waals surface area contributed by atoms with Crippen molar-refractivity contribution in [1.29, 1.82) is 0 Å². The zero-order chi connectivity index (χ0) is 66.3. The van der Waals surface area contributed by atoms with E-state index in [4.69, 9.17) is 10.5 Å². The minimum absolute atomic E-state index is 0. The molecule has 1 aliphatic rings. The van der Waals surface area contributed by atoms with Crippen molar-refractivity contribution in [3.05, 3.63) is 406 Å². The topological polar surface area (TPSA) is 48.1 Å². The first-order valence-electron chi connectivity index (χ1n) is 33.0. The third-order valence-electron chi connectivity index (χ3n) is 16.1. The van der Waals surface area contributed by atoms with Gasteiger partial charge in [0.1, 0.15) is 17.4 Å². The molecular formula is C89H79FN2OP4Pd. The van der Waals surface area contributed by atoms with E-state index >= 15 is 0 Å². The second-order valence-electron chi connectivity index (χ2n) is 22.9. The minimum Gasteiger partial charge on any atom is -0.490 e. The second kappa shape index (κ2) is 39.4. The Balaban J connectivity index is 0.000000132. The van der Waals surface area contributed by atoms with Crippen LogP contribution >= 0.6 is 31.7 Å². The summed E-state index contributed by atoms with van der Waals surface area (Å²) in [5, 5.41) is 16.8. The van der Waals surface area contributed by atoms with E-state index in [1.165, 1.54) is 89.0 Å². The van der Waals surface area contributed by atoms with Gasteiger partial charge in [-0.3, -0.25) is 0 Å². The Morgan fingerprint density at radius 3 is 0.694 bits per heavy atom. The molecule has 1 fully saturated rings. The van der Waals surface area contributed by atoms with Crippen molar-refractivity contribution in [2.24, 2.45) is 0 Å². The molecule has 0 spiro atoms. The molecule has 1 saturated carbocycles. The molecule has 0 bridgehead atoms. The van der Waals surface area contributed by atoms with E-state index in [0.29, 0.717) is 17.5 Å². The van der Waals surface area contributed by atoms with Gasteiger partial charge in [-0.25, -0.2) is 9.37 Å². The van der Waals surface area contributed by atoms with Crippen molar-refractivity contribution in [3.8, 4) is 16.9 Å². The summed E-state index contributed by atoms with van der Waals surface area (Å²) in [6, 6.07) is 138. The van der Waals surface area contributed by atoms with Crippen molar-refractivity contribution in [2.75, 3.05) is 5.73 Å². The van der Waals surface area contributed by atoms with Gasteiger partial charge in [-0.05, 0) is 145 Å². The molecule has 1 aliphatic carbocycles. The number of nitrogens with two attached hydrogens (primary N) is 1. The van der Waals surface area contributed by atoms with Crippen LogP contribution < -0.4 is 74.1 Å². The van der Waals surface area contributed by atoms with Crippen LogP contribution in [0, 0.1) is 5.82 Å². The zero-order valence-electron chi connectivity index (χ0n) is 54.6. The van der Waals surface area contributed by atoms with Gasteiger partial charge < -0.3 is 10.5 Å². The first-order valence-corrected chi connectivity index (χ1v) is 38.4. The van der Waals surface area contributed by atoms with Crippen molar-refractivity contribution >= 4 is 101 Å². The maximum absolute atomic E-state index is 13.3. The normalized spacial score (nSPS) is 11.6. The molecule has 1 heterocycles. The molecule has 3 nitrogen and oxygen atoms in total. The molecule has 0 amide bonds. The Morgan fingerprint density at radius 2 is 0.490 bits per heavy atom. The van der Waals surface area contributed by atoms with Crippen LogP contribution in [0.3, 0.4) is 0 Å². The van der Waals surface area contributed by atoms with Gasteiger partial charge in [0.05, 0.1) is 12.3 Å². The van der Waals surface area contributed by atoms with Gasteiger partial charge in [-0.1, -0.05) is 383 Å². The molecule has 0 aliphatic heterocycles. The van der Waals surface area contributed by atoms with Crippen LogP contribution in [0.25, 0.3) is 11.1 Å². The Hall–Kier alpha value is -9.08. The number of benzene rings is 13. The molecule has 0 saturated heterocycles. The number of pyridine rings is 1. The summed E-state index contributed by atoms with van der Waals surface area (Å²) >= 11 is 0. The van der Waals surface area contributed by atoms with E-state index in [-0.39, 0.29) is 26.2 Å². The number of nitrogen functional groups attached to an aromatic ring is 1. The Labute approximate surface area is 598 Å². The summed E-state index contributed by atoms with van der Waals surface area (Å²) in [4.78, 5) is 3.84. The average molecular weight is 1440 g/mol. The van der Waals surface area contributed by atoms with Crippen LogP contribution in [-0.4, -0.2) is 11.1 Å². The summed E-state index contributed by atoms with van der Waals surface area (Å²) in [5.74, 6) is 0.799. The van der Waals surface area contributed by atoms with Gasteiger partial charge in [0.2, 0.25) is 0 Å². The molecule has 0 radical (unpaired) electrons. The maximum Gasteiger partial charge on any atom is 0.142 e. The summed E-state index contributed by atoms with van der Waals surface area (Å²) in [6.07, 6.45) is 7.50. The van der Waals surface area contributed by atoms with Crippen LogP contribution in [0.15, 0.2) is 401 Å². The number of anilines is 1. The predicted octanol–water partition coefficient (Wildman–Crippen LogP) is 18.0. The summed E-state index contributed by atoms with van der Waals surface area (Å²) in [6.45, 7) is 0. The molecule has 13 aromatic carbocycles. The molecule has 488 valence electrons. The molecule has 9 heteroatoms. The molecule has 14 aromatic rings. The fourth-order valence-corrected chi connectivity index (χ4v) is 20.7. The standard InChI is InChI=1S/4C18H15P.C17H19FN2O.Pd/c4*1-4-10-16(11-5-1)19(17-12-6-2-7-13-17)18-14-8-3-9-15-18;18-13-10-16(17(19)20-11-13)12-6-8-15(9-7-12)21-14-4-2-1-3-5-14;/h4*1-15H;6-11,14H,1-5H2,(H2,19,20);. The fourth-order valence-electron chi connectivity index (χ4n) is 11.5. The van der Waals surface area contributed by atoms with Gasteiger partial charge in [-0.15, -0.1) is 0 Å². The average Bonchev–Trinajstić information content (AvgIpc) is 0.877. The first-order chi connectivity index (χ1) is 48.0. The number of rotatable bonds is 15. The smallest absolute Gasteiger partial charge is 0.142 e. The molecule has 0 atom stereocenters. The maximum atomic E-state index is 13.3. The number of nitrogens with zero attached hydrogens (tertiary/aromatic N) is 1. The van der Waals surface area contributed by atoms with Crippen LogP contribution in [0.4, 0.5) is 10.2 Å². The van der Waals surface area contributed by atoms with Gasteiger partial charge in [0.15, 0.2) is 0 Å². The number of ether oxygens (including phenoxy) is 1. The number of aromatic nitrogens is 1. The Bertz CT molecular complexity index is 3600. The van der Waals surface area contributed by atoms with Gasteiger partial charge in [0, 0.05) is 26.0 Å². The number of halogens is 1. The molecular weight excluding hydrogens is 1360 g/mol. The van der Waals surface area contributed by atoms with Crippen LogP contribution in [0.1, 0.15) is 32.1 Å². The fraction of sp³-hybridized carbons (Fsp3) is 0.0674. The van der Waals surface area contributed by atoms with E-state index in [1.807, 2.05) is 24.3 Å². The van der Waals surface area contributed by atoms with E-state index < -0.39 is 31.7 Å². The van der Waals surface area contributed by atoms with Gasteiger partial charge in [0.25, 0.3) is 0 Å². The Morgan fingerprint density at radius 1 is 0.286 bits per heavy atom. The van der Waals surface area contributed by atoms with E-state index in [2.05, 4.69) is 369 Å². The van der Waals surface area contributed by atoms with Crippen molar-refractivity contribution in [3.63, 3.8) is 0 Å². The van der Waals surface area contributed by atoms with Crippen molar-refractivity contribution in [2.45, 2.75) is 38.2 Å². The van der Waals surface area contributed by atoms with Gasteiger partial charge >= 0.3 is 0 Å². The Kier molecular flexibility index (Phi) is 28.8. The quantitative estimate of drug-likeness (QED) is 0.0822. The van der Waals surface area contributed by atoms with E-state index in [9.17, 15) is 4.39 Å². The van der Waals surface area contributed by atoms with Crippen LogP contribution in [-0.2, 0) is 20.4 Å². The monoisotopic (exact) mass is 1440 g/mol. The summed E-state index contributed by atoms with van der Waals surface area (Å²) in [5.41, 5.74) is 7.25. The molecule has 98 heavy (non-hydrogen) atoms. The molecule has 0 unspecified atom stereocenters. The predicted molar refractivity (Wildman–Crippen MR) is 422 cm³/mol. The third-order valence-corrected chi connectivity index (χ3v) is 25.9. The largest absolute Gasteiger partial charge is 0.490 e. The minimum atomic E-state index is -0.446. The molecule has 2 N–H and O–H groups in total. The number of hydrogen-bond donors (Lipinski definition) is 1. The third kappa shape index (κ3) is 21.2. The SMILES string of the molecule is Nc1ncc(F)cc1-c1ccc(OC2CCCCC2)cc1.[Pd].c1ccc(P(c2ccccc2)c2ccccc2)cc1.c1ccc(P(c2ccccc2)c2ccccc2)cc1.c1ccc(P(c2ccccc2)c2ccccc2)cc1.c1ccc(P(c2ccccc2)c2ccccc2)cc1.